The molecule has 0 bridgehead atoms. The Kier molecular flexibility index (Phi) is 6.69. The number of nitrogens with zero attached hydrogens (tertiary/aromatic N) is 1. The molecule has 3 rings (SSSR count). The molecule has 6 heteroatoms. The zero-order valence-electron chi connectivity index (χ0n) is 13.1. The Morgan fingerprint density at radius 2 is 2.04 bits per heavy atom. The fourth-order valence-corrected chi connectivity index (χ4v) is 3.86. The zero-order valence-corrected chi connectivity index (χ0v) is 14.6. The number of benzene rings is 1. The van der Waals surface area contributed by atoms with Crippen LogP contribution in [0.3, 0.4) is 0 Å². The lowest BCUT2D eigenvalue weighted by atomic mass is 9.88. The van der Waals surface area contributed by atoms with Gasteiger partial charge < -0.3 is 10.2 Å². The Labute approximate surface area is 148 Å². The van der Waals surface area contributed by atoms with Crippen LogP contribution in [0.25, 0.3) is 0 Å². The van der Waals surface area contributed by atoms with Crippen molar-refractivity contribution in [2.24, 2.45) is 5.92 Å². The molecule has 0 spiro atoms. The Hall–Kier alpha value is -0.840. The maximum Gasteiger partial charge on any atom is 0.227 e. The lowest BCUT2D eigenvalue weighted by Crippen LogP contribution is -2.43. The fraction of sp³-hybridized carbons (Fsp3) is 0.588. The molecule has 2 aliphatic heterocycles. The summed E-state index contributed by atoms with van der Waals surface area (Å²) >= 11 is 6.00. The van der Waals surface area contributed by atoms with Crippen LogP contribution < -0.4 is 5.32 Å². The van der Waals surface area contributed by atoms with Gasteiger partial charge in [0.15, 0.2) is 0 Å². The number of carbonyl (C=O) groups excluding carboxylic acids is 1. The van der Waals surface area contributed by atoms with Gasteiger partial charge in [-0.05, 0) is 50.3 Å². The molecular formula is C17H23Cl2FN2O. The van der Waals surface area contributed by atoms with Crippen molar-refractivity contribution in [3.05, 3.63) is 34.6 Å². The van der Waals surface area contributed by atoms with Crippen LogP contribution in [0.15, 0.2) is 18.2 Å². The second-order valence-corrected chi connectivity index (χ2v) is 6.71. The summed E-state index contributed by atoms with van der Waals surface area (Å²) in [6.07, 6.45) is 4.64. The predicted molar refractivity (Wildman–Crippen MR) is 92.7 cm³/mol. The third-order valence-corrected chi connectivity index (χ3v) is 5.30. The maximum absolute atomic E-state index is 13.8. The van der Waals surface area contributed by atoms with Crippen LogP contribution in [0.5, 0.6) is 0 Å². The summed E-state index contributed by atoms with van der Waals surface area (Å²) in [6.45, 7) is 2.66. The van der Waals surface area contributed by atoms with E-state index >= 15 is 0 Å². The van der Waals surface area contributed by atoms with E-state index in [0.29, 0.717) is 22.5 Å². The molecule has 2 aliphatic rings. The highest BCUT2D eigenvalue weighted by Crippen LogP contribution is 2.26. The predicted octanol–water partition coefficient (Wildman–Crippen LogP) is 3.43. The van der Waals surface area contributed by atoms with Gasteiger partial charge in [0.1, 0.15) is 5.82 Å². The molecule has 128 valence electrons. The summed E-state index contributed by atoms with van der Waals surface area (Å²) in [5, 5.41) is 3.89. The molecule has 0 radical (unpaired) electrons. The quantitative estimate of drug-likeness (QED) is 0.895. The van der Waals surface area contributed by atoms with Gasteiger partial charge in [0.05, 0.1) is 6.42 Å². The van der Waals surface area contributed by atoms with Gasteiger partial charge in [0, 0.05) is 29.7 Å². The molecule has 2 fully saturated rings. The molecule has 23 heavy (non-hydrogen) atoms. The van der Waals surface area contributed by atoms with Crippen LogP contribution in [0.4, 0.5) is 4.39 Å². The molecule has 1 aromatic rings. The molecule has 1 amide bonds. The average Bonchev–Trinajstić information content (AvgIpc) is 3.05. The number of rotatable bonds is 3. The topological polar surface area (TPSA) is 32.3 Å². The normalized spacial score (nSPS) is 22.0. The van der Waals surface area contributed by atoms with Gasteiger partial charge in [-0.3, -0.25) is 4.79 Å². The highest BCUT2D eigenvalue weighted by molar-refractivity contribution is 6.31. The Bertz CT molecular complexity index is 521. The molecule has 0 aliphatic carbocycles. The molecule has 2 saturated heterocycles. The van der Waals surface area contributed by atoms with E-state index in [2.05, 4.69) is 5.32 Å². The Morgan fingerprint density at radius 1 is 1.30 bits per heavy atom. The summed E-state index contributed by atoms with van der Waals surface area (Å²) in [5.41, 5.74) is 0.314. The van der Waals surface area contributed by atoms with Crippen LogP contribution in [-0.2, 0) is 11.2 Å². The van der Waals surface area contributed by atoms with Crippen LogP contribution in [0, 0.1) is 11.7 Å². The monoisotopic (exact) mass is 360 g/mol. The van der Waals surface area contributed by atoms with Crippen LogP contribution in [0.2, 0.25) is 5.02 Å². The van der Waals surface area contributed by atoms with E-state index in [1.807, 2.05) is 4.90 Å². The van der Waals surface area contributed by atoms with Crippen molar-refractivity contribution in [3.8, 4) is 0 Å². The van der Waals surface area contributed by atoms with E-state index in [4.69, 9.17) is 11.6 Å². The van der Waals surface area contributed by atoms with Crippen molar-refractivity contribution >= 4 is 29.9 Å². The molecule has 1 aromatic carbocycles. The van der Waals surface area contributed by atoms with Gasteiger partial charge >= 0.3 is 0 Å². The van der Waals surface area contributed by atoms with Gasteiger partial charge in [-0.2, -0.15) is 0 Å². The van der Waals surface area contributed by atoms with Crippen molar-refractivity contribution in [1.29, 1.82) is 0 Å². The third-order valence-electron chi connectivity index (χ3n) is 4.95. The van der Waals surface area contributed by atoms with Gasteiger partial charge in [0.25, 0.3) is 0 Å². The number of hydrogen-bond donors (Lipinski definition) is 1. The van der Waals surface area contributed by atoms with Crippen LogP contribution in [0.1, 0.15) is 31.2 Å². The van der Waals surface area contributed by atoms with E-state index in [1.54, 1.807) is 12.1 Å². The van der Waals surface area contributed by atoms with Gasteiger partial charge in [-0.25, -0.2) is 4.39 Å². The number of piperidine rings is 1. The summed E-state index contributed by atoms with van der Waals surface area (Å²) in [6, 6.07) is 5.17. The number of likely N-dealkylation sites (tertiary alicyclic amines) is 1. The highest BCUT2D eigenvalue weighted by atomic mass is 35.5. The van der Waals surface area contributed by atoms with Crippen molar-refractivity contribution in [3.63, 3.8) is 0 Å². The summed E-state index contributed by atoms with van der Waals surface area (Å²) < 4.78 is 13.8. The fourth-order valence-electron chi connectivity index (χ4n) is 3.63. The van der Waals surface area contributed by atoms with Crippen molar-refractivity contribution in [2.45, 2.75) is 38.1 Å². The number of carbonyl (C=O) groups is 1. The zero-order chi connectivity index (χ0) is 15.5. The van der Waals surface area contributed by atoms with Crippen LogP contribution >= 0.6 is 24.0 Å². The van der Waals surface area contributed by atoms with E-state index in [-0.39, 0.29) is 24.7 Å². The largest absolute Gasteiger partial charge is 0.342 e. The maximum atomic E-state index is 13.8. The lowest BCUT2D eigenvalue weighted by molar-refractivity contribution is -0.132. The first-order valence-corrected chi connectivity index (χ1v) is 8.47. The number of halogens is 3. The summed E-state index contributed by atoms with van der Waals surface area (Å²) in [4.78, 5) is 14.2. The minimum absolute atomic E-state index is 0. The minimum Gasteiger partial charge on any atom is -0.342 e. The molecule has 1 unspecified atom stereocenters. The standard InChI is InChI=1S/C17H22ClFN2O.ClH/c18-14-3-1-4-15(19)13(14)11-17(22)21-9-6-12(7-10-21)16-5-2-8-20-16;/h1,3-4,12,16,20H,2,5-11H2;1H. The van der Waals surface area contributed by atoms with Crippen molar-refractivity contribution in [2.75, 3.05) is 19.6 Å². The summed E-state index contributed by atoms with van der Waals surface area (Å²) in [5.74, 6) is 0.249. The smallest absolute Gasteiger partial charge is 0.227 e. The number of hydrogen-bond acceptors (Lipinski definition) is 2. The molecular weight excluding hydrogens is 338 g/mol. The first-order valence-electron chi connectivity index (χ1n) is 8.09. The Balaban J connectivity index is 0.00000192. The first-order chi connectivity index (χ1) is 10.6. The van der Waals surface area contributed by atoms with E-state index < -0.39 is 5.82 Å². The van der Waals surface area contributed by atoms with Crippen LogP contribution in [-0.4, -0.2) is 36.5 Å². The van der Waals surface area contributed by atoms with Gasteiger partial charge in [-0.15, -0.1) is 12.4 Å². The first kappa shape index (κ1) is 18.5. The molecule has 1 atom stereocenters. The molecule has 3 nitrogen and oxygen atoms in total. The lowest BCUT2D eigenvalue weighted by Gasteiger charge is -2.35. The van der Waals surface area contributed by atoms with E-state index in [1.165, 1.54) is 18.9 Å². The van der Waals surface area contributed by atoms with Gasteiger partial charge in [0.2, 0.25) is 5.91 Å². The minimum atomic E-state index is -0.397. The van der Waals surface area contributed by atoms with Gasteiger partial charge in [-0.1, -0.05) is 17.7 Å². The van der Waals surface area contributed by atoms with E-state index in [0.717, 1.165) is 32.5 Å². The Morgan fingerprint density at radius 3 is 2.65 bits per heavy atom. The molecule has 2 heterocycles. The second-order valence-electron chi connectivity index (χ2n) is 6.30. The number of nitrogens with one attached hydrogen (secondary N) is 1. The average molecular weight is 361 g/mol. The van der Waals surface area contributed by atoms with E-state index in [9.17, 15) is 9.18 Å². The second kappa shape index (κ2) is 8.32. The number of amides is 1. The molecule has 1 N–H and O–H groups in total. The summed E-state index contributed by atoms with van der Waals surface area (Å²) in [7, 11) is 0. The SMILES string of the molecule is Cl.O=C(Cc1c(F)cccc1Cl)N1CCC(C2CCCN2)CC1. The third kappa shape index (κ3) is 4.37. The highest BCUT2D eigenvalue weighted by Gasteiger charge is 2.30. The van der Waals surface area contributed by atoms with Crippen molar-refractivity contribution in [1.82, 2.24) is 10.2 Å². The van der Waals surface area contributed by atoms with Crippen molar-refractivity contribution < 1.29 is 9.18 Å². The molecule has 0 saturated carbocycles. The molecule has 0 aromatic heterocycles.